The predicted octanol–water partition coefficient (Wildman–Crippen LogP) is 4.76. The first kappa shape index (κ1) is 15.9. The van der Waals surface area contributed by atoms with Gasteiger partial charge in [-0.2, -0.15) is 0 Å². The maximum absolute atomic E-state index is 13.3. The van der Waals surface area contributed by atoms with Crippen LogP contribution in [0.5, 0.6) is 0 Å². The van der Waals surface area contributed by atoms with Crippen LogP contribution in [-0.2, 0) is 0 Å². The van der Waals surface area contributed by atoms with Crippen molar-refractivity contribution < 1.29 is 8.78 Å². The number of nitrogens with one attached hydrogen (secondary N) is 1. The third-order valence-electron chi connectivity index (χ3n) is 3.99. The maximum atomic E-state index is 13.3. The van der Waals surface area contributed by atoms with Crippen LogP contribution in [0.25, 0.3) is 0 Å². The highest BCUT2D eigenvalue weighted by molar-refractivity contribution is 4.79. The Kier molecular flexibility index (Phi) is 7.13. The molecule has 1 fully saturated rings. The Morgan fingerprint density at radius 2 is 2.00 bits per heavy atom. The highest BCUT2D eigenvalue weighted by Gasteiger charge is 2.35. The van der Waals surface area contributed by atoms with Crippen LogP contribution in [0.2, 0.25) is 0 Å². The zero-order valence-electron chi connectivity index (χ0n) is 12.0. The summed E-state index contributed by atoms with van der Waals surface area (Å²) >= 11 is 0. The second-order valence-electron chi connectivity index (χ2n) is 5.84. The molecule has 0 saturated heterocycles. The van der Waals surface area contributed by atoms with Gasteiger partial charge in [-0.25, -0.2) is 8.78 Å². The number of hydrogen-bond donors (Lipinski definition) is 1. The highest BCUT2D eigenvalue weighted by Crippen LogP contribution is 2.38. The molecule has 0 aromatic heterocycles. The van der Waals surface area contributed by atoms with E-state index >= 15 is 0 Å². The summed E-state index contributed by atoms with van der Waals surface area (Å²) in [5, 5.41) is 3.54. The lowest BCUT2D eigenvalue weighted by molar-refractivity contribution is -0.0540. The van der Waals surface area contributed by atoms with Crippen molar-refractivity contribution in [3.63, 3.8) is 0 Å². The van der Waals surface area contributed by atoms with Gasteiger partial charge in [-0.3, -0.25) is 0 Å². The molecule has 1 aliphatic rings. The van der Waals surface area contributed by atoms with Gasteiger partial charge in [-0.1, -0.05) is 26.7 Å². The van der Waals surface area contributed by atoms with Gasteiger partial charge in [0.15, 0.2) is 0 Å². The molecule has 0 aromatic rings. The quantitative estimate of drug-likeness (QED) is 0.664. The van der Waals surface area contributed by atoms with E-state index in [2.05, 4.69) is 19.2 Å². The van der Waals surface area contributed by atoms with Crippen LogP contribution in [0.3, 0.4) is 0 Å². The largest absolute Gasteiger partial charge is 0.314 e. The Bertz CT molecular complexity index is 219. The number of halogens is 2. The number of rotatable bonds is 8. The molecule has 0 spiro atoms. The second-order valence-corrected chi connectivity index (χ2v) is 5.84. The van der Waals surface area contributed by atoms with E-state index in [1.807, 2.05) is 0 Å². The van der Waals surface area contributed by atoms with Gasteiger partial charge in [0.1, 0.15) is 0 Å². The average Bonchev–Trinajstić information content (AvgIpc) is 2.31. The van der Waals surface area contributed by atoms with Crippen LogP contribution in [0.4, 0.5) is 8.78 Å². The molecule has 0 aliphatic heterocycles. The SMILES string of the molecule is CCCNC(CCC)CCC1CCCC(F)(F)C1. The Balaban J connectivity index is 2.27. The third kappa shape index (κ3) is 6.12. The molecule has 1 rings (SSSR count). The van der Waals surface area contributed by atoms with Crippen molar-refractivity contribution >= 4 is 0 Å². The van der Waals surface area contributed by atoms with Crippen LogP contribution < -0.4 is 5.32 Å². The van der Waals surface area contributed by atoms with Gasteiger partial charge in [0, 0.05) is 18.9 Å². The fraction of sp³-hybridized carbons (Fsp3) is 1.00. The first-order valence-electron chi connectivity index (χ1n) is 7.68. The summed E-state index contributed by atoms with van der Waals surface area (Å²) in [7, 11) is 0. The van der Waals surface area contributed by atoms with Crippen LogP contribution in [0, 0.1) is 5.92 Å². The lowest BCUT2D eigenvalue weighted by Crippen LogP contribution is -2.31. The molecule has 3 heteroatoms. The van der Waals surface area contributed by atoms with E-state index in [1.54, 1.807) is 0 Å². The standard InChI is InChI=1S/C15H29F2N/c1-3-6-14(18-11-4-2)9-8-13-7-5-10-15(16,17)12-13/h13-14,18H,3-12H2,1-2H3. The lowest BCUT2D eigenvalue weighted by atomic mass is 9.82. The highest BCUT2D eigenvalue weighted by atomic mass is 19.3. The van der Waals surface area contributed by atoms with Crippen molar-refractivity contribution in [2.75, 3.05) is 6.54 Å². The van der Waals surface area contributed by atoms with Crippen LogP contribution in [-0.4, -0.2) is 18.5 Å². The normalized spacial score (nSPS) is 25.0. The molecule has 0 aromatic carbocycles. The molecule has 108 valence electrons. The monoisotopic (exact) mass is 261 g/mol. The molecule has 1 aliphatic carbocycles. The minimum Gasteiger partial charge on any atom is -0.314 e. The Labute approximate surface area is 111 Å². The van der Waals surface area contributed by atoms with Crippen molar-refractivity contribution in [1.29, 1.82) is 0 Å². The Morgan fingerprint density at radius 3 is 2.61 bits per heavy atom. The van der Waals surface area contributed by atoms with Crippen molar-refractivity contribution in [2.24, 2.45) is 5.92 Å². The minimum atomic E-state index is -2.39. The summed E-state index contributed by atoms with van der Waals surface area (Å²) in [4.78, 5) is 0. The maximum Gasteiger partial charge on any atom is 0.248 e. The molecule has 18 heavy (non-hydrogen) atoms. The Morgan fingerprint density at radius 1 is 1.22 bits per heavy atom. The molecule has 0 radical (unpaired) electrons. The molecular formula is C15H29F2N. The molecule has 1 N–H and O–H groups in total. The van der Waals surface area contributed by atoms with Crippen molar-refractivity contribution in [2.45, 2.75) is 83.6 Å². The number of hydrogen-bond acceptors (Lipinski definition) is 1. The van der Waals surface area contributed by atoms with Crippen LogP contribution >= 0.6 is 0 Å². The minimum absolute atomic E-state index is 0.107. The first-order valence-corrected chi connectivity index (χ1v) is 7.68. The molecular weight excluding hydrogens is 232 g/mol. The van der Waals surface area contributed by atoms with Gasteiger partial charge in [-0.05, 0) is 44.6 Å². The summed E-state index contributed by atoms with van der Waals surface area (Å²) in [5.74, 6) is -2.14. The van der Waals surface area contributed by atoms with E-state index in [4.69, 9.17) is 0 Å². The fourth-order valence-corrected chi connectivity index (χ4v) is 3.00. The summed E-state index contributed by atoms with van der Waals surface area (Å²) < 4.78 is 26.6. The van der Waals surface area contributed by atoms with Gasteiger partial charge < -0.3 is 5.32 Å². The molecule has 0 heterocycles. The molecule has 1 saturated carbocycles. The molecule has 1 nitrogen and oxygen atoms in total. The van der Waals surface area contributed by atoms with E-state index in [1.165, 1.54) is 12.8 Å². The first-order chi connectivity index (χ1) is 8.57. The predicted molar refractivity (Wildman–Crippen MR) is 73.1 cm³/mol. The summed E-state index contributed by atoms with van der Waals surface area (Å²) in [6, 6.07) is 0.533. The van der Waals surface area contributed by atoms with E-state index in [0.717, 1.165) is 32.2 Å². The molecule has 0 amide bonds. The van der Waals surface area contributed by atoms with Gasteiger partial charge in [0.2, 0.25) is 5.92 Å². The third-order valence-corrected chi connectivity index (χ3v) is 3.99. The van der Waals surface area contributed by atoms with Crippen LogP contribution in [0.1, 0.15) is 71.6 Å². The fourth-order valence-electron chi connectivity index (χ4n) is 3.00. The molecule has 2 unspecified atom stereocenters. The summed E-state index contributed by atoms with van der Waals surface area (Å²) in [5.41, 5.74) is 0. The molecule has 0 bridgehead atoms. The average molecular weight is 261 g/mol. The van der Waals surface area contributed by atoms with E-state index in [0.29, 0.717) is 12.5 Å². The van der Waals surface area contributed by atoms with Crippen molar-refractivity contribution in [3.05, 3.63) is 0 Å². The zero-order valence-corrected chi connectivity index (χ0v) is 12.0. The van der Waals surface area contributed by atoms with E-state index in [-0.39, 0.29) is 18.8 Å². The van der Waals surface area contributed by atoms with E-state index < -0.39 is 5.92 Å². The second kappa shape index (κ2) is 8.08. The number of alkyl halides is 2. The van der Waals surface area contributed by atoms with Gasteiger partial charge in [-0.15, -0.1) is 0 Å². The zero-order chi connectivity index (χ0) is 13.4. The van der Waals surface area contributed by atoms with E-state index in [9.17, 15) is 8.78 Å². The lowest BCUT2D eigenvalue weighted by Gasteiger charge is -2.30. The summed E-state index contributed by atoms with van der Waals surface area (Å²) in [6.45, 7) is 5.40. The van der Waals surface area contributed by atoms with Crippen LogP contribution in [0.15, 0.2) is 0 Å². The van der Waals surface area contributed by atoms with Crippen molar-refractivity contribution in [1.82, 2.24) is 5.32 Å². The molecule has 2 atom stereocenters. The smallest absolute Gasteiger partial charge is 0.248 e. The van der Waals surface area contributed by atoms with Gasteiger partial charge in [0.25, 0.3) is 0 Å². The van der Waals surface area contributed by atoms with Gasteiger partial charge in [0.05, 0.1) is 0 Å². The van der Waals surface area contributed by atoms with Gasteiger partial charge >= 0.3 is 0 Å². The Hall–Kier alpha value is -0.180. The summed E-state index contributed by atoms with van der Waals surface area (Å²) in [6.07, 6.45) is 7.45. The van der Waals surface area contributed by atoms with Crippen molar-refractivity contribution in [3.8, 4) is 0 Å². The topological polar surface area (TPSA) is 12.0 Å².